The molecular weight excluding hydrogens is 153 g/mol. The molecule has 0 spiro atoms. The van der Waals surface area contributed by atoms with Crippen molar-refractivity contribution in [3.63, 3.8) is 0 Å². The number of alkyl halides is 1. The minimum Gasteiger partial charge on any atom is -0.300 e. The van der Waals surface area contributed by atoms with Crippen molar-refractivity contribution in [2.24, 2.45) is 5.92 Å². The summed E-state index contributed by atoms with van der Waals surface area (Å²) in [5, 5.41) is 0. The Hall–Kier alpha value is -0.110. The molecular formula is C10H18FN. The largest absolute Gasteiger partial charge is 0.300 e. The zero-order valence-electron chi connectivity index (χ0n) is 7.85. The smallest absolute Gasteiger partial charge is 0.139 e. The topological polar surface area (TPSA) is 3.24 Å². The summed E-state index contributed by atoms with van der Waals surface area (Å²) in [6.07, 6.45) is 6.08. The van der Waals surface area contributed by atoms with Crippen molar-refractivity contribution in [1.29, 1.82) is 0 Å². The second-order valence-electron chi connectivity index (χ2n) is 4.54. The summed E-state index contributed by atoms with van der Waals surface area (Å²) >= 11 is 0. The van der Waals surface area contributed by atoms with Crippen LogP contribution in [0.15, 0.2) is 0 Å². The first kappa shape index (κ1) is 8.49. The van der Waals surface area contributed by atoms with Gasteiger partial charge in [-0.25, -0.2) is 4.39 Å². The van der Waals surface area contributed by atoms with E-state index >= 15 is 0 Å². The summed E-state index contributed by atoms with van der Waals surface area (Å²) in [6.45, 7) is 1.36. The molecule has 70 valence electrons. The quantitative estimate of drug-likeness (QED) is 0.584. The van der Waals surface area contributed by atoms with E-state index in [9.17, 15) is 4.39 Å². The Morgan fingerprint density at radius 1 is 1.17 bits per heavy atom. The molecule has 0 unspecified atom stereocenters. The predicted octanol–water partition coefficient (Wildman–Crippen LogP) is 2.22. The van der Waals surface area contributed by atoms with Crippen LogP contribution in [0.4, 0.5) is 4.39 Å². The predicted molar refractivity (Wildman–Crippen MR) is 47.9 cm³/mol. The molecule has 2 heteroatoms. The molecule has 0 radical (unpaired) electrons. The maximum atomic E-state index is 14.0. The van der Waals surface area contributed by atoms with Crippen LogP contribution in [-0.2, 0) is 0 Å². The number of nitrogens with zero attached hydrogens (tertiary/aromatic N) is 1. The van der Waals surface area contributed by atoms with E-state index in [0.29, 0.717) is 19.0 Å². The zero-order chi connectivity index (χ0) is 8.60. The highest BCUT2D eigenvalue weighted by Crippen LogP contribution is 2.40. The molecule has 1 saturated heterocycles. The van der Waals surface area contributed by atoms with E-state index in [4.69, 9.17) is 0 Å². The van der Waals surface area contributed by atoms with E-state index in [1.54, 1.807) is 0 Å². The molecule has 12 heavy (non-hydrogen) atoms. The number of rotatable bonds is 1. The minimum absolute atomic E-state index is 0.377. The van der Waals surface area contributed by atoms with E-state index in [0.717, 1.165) is 12.8 Å². The Bertz CT molecular complexity index is 157. The van der Waals surface area contributed by atoms with Gasteiger partial charge in [0.25, 0.3) is 0 Å². The molecule has 2 rings (SSSR count). The van der Waals surface area contributed by atoms with Gasteiger partial charge in [-0.05, 0) is 25.8 Å². The van der Waals surface area contributed by atoms with Crippen LogP contribution in [-0.4, -0.2) is 30.7 Å². The standard InChI is InChI=1S/C10H18FN/c1-12-7-10(11,8-12)9-5-3-2-4-6-9/h9H,2-8H2,1H3. The van der Waals surface area contributed by atoms with Gasteiger partial charge in [-0.1, -0.05) is 19.3 Å². The first-order valence-corrected chi connectivity index (χ1v) is 5.08. The maximum Gasteiger partial charge on any atom is 0.139 e. The second kappa shape index (κ2) is 2.99. The lowest BCUT2D eigenvalue weighted by Crippen LogP contribution is -2.61. The van der Waals surface area contributed by atoms with Crippen LogP contribution < -0.4 is 0 Å². The molecule has 0 N–H and O–H groups in total. The Balaban J connectivity index is 1.90. The lowest BCUT2D eigenvalue weighted by Gasteiger charge is -2.48. The maximum absolute atomic E-state index is 14.0. The molecule has 0 aromatic carbocycles. The van der Waals surface area contributed by atoms with Crippen LogP contribution in [0.25, 0.3) is 0 Å². The first-order chi connectivity index (χ1) is 5.71. The highest BCUT2D eigenvalue weighted by Gasteiger charge is 2.47. The van der Waals surface area contributed by atoms with Crippen molar-refractivity contribution in [3.8, 4) is 0 Å². The highest BCUT2D eigenvalue weighted by atomic mass is 19.1. The molecule has 1 aliphatic carbocycles. The van der Waals surface area contributed by atoms with Crippen LogP contribution >= 0.6 is 0 Å². The van der Waals surface area contributed by atoms with E-state index in [1.165, 1.54) is 19.3 Å². The second-order valence-corrected chi connectivity index (χ2v) is 4.54. The molecule has 1 nitrogen and oxygen atoms in total. The van der Waals surface area contributed by atoms with Crippen molar-refractivity contribution in [3.05, 3.63) is 0 Å². The van der Waals surface area contributed by atoms with E-state index in [-0.39, 0.29) is 0 Å². The monoisotopic (exact) mass is 171 g/mol. The van der Waals surface area contributed by atoms with Gasteiger partial charge in [0, 0.05) is 13.1 Å². The van der Waals surface area contributed by atoms with Crippen LogP contribution in [0.1, 0.15) is 32.1 Å². The van der Waals surface area contributed by atoms with Gasteiger partial charge in [0.1, 0.15) is 5.67 Å². The van der Waals surface area contributed by atoms with E-state index in [1.807, 2.05) is 7.05 Å². The molecule has 1 aliphatic heterocycles. The molecule has 2 aliphatic rings. The molecule has 1 heterocycles. The normalized spacial score (nSPS) is 31.5. The van der Waals surface area contributed by atoms with Crippen molar-refractivity contribution in [1.82, 2.24) is 4.90 Å². The molecule has 0 aromatic rings. The average molecular weight is 171 g/mol. The van der Waals surface area contributed by atoms with E-state index in [2.05, 4.69) is 4.90 Å². The van der Waals surface area contributed by atoms with Crippen LogP contribution in [0.5, 0.6) is 0 Å². The molecule has 2 fully saturated rings. The summed E-state index contributed by atoms with van der Waals surface area (Å²) in [5.74, 6) is 0.377. The fourth-order valence-electron chi connectivity index (χ4n) is 2.73. The van der Waals surface area contributed by atoms with Crippen LogP contribution in [0.2, 0.25) is 0 Å². The lowest BCUT2D eigenvalue weighted by molar-refractivity contribution is -0.0713. The summed E-state index contributed by atoms with van der Waals surface area (Å²) in [7, 11) is 2.00. The molecule has 0 bridgehead atoms. The fourth-order valence-corrected chi connectivity index (χ4v) is 2.73. The molecule has 0 amide bonds. The third kappa shape index (κ3) is 1.37. The first-order valence-electron chi connectivity index (χ1n) is 5.08. The summed E-state index contributed by atoms with van der Waals surface area (Å²) < 4.78 is 14.0. The minimum atomic E-state index is -0.810. The SMILES string of the molecule is CN1CC(F)(C2CCCCC2)C1. The van der Waals surface area contributed by atoms with E-state index < -0.39 is 5.67 Å². The van der Waals surface area contributed by atoms with Gasteiger partial charge in [0.2, 0.25) is 0 Å². The van der Waals surface area contributed by atoms with Gasteiger partial charge in [-0.15, -0.1) is 0 Å². The Morgan fingerprint density at radius 3 is 2.25 bits per heavy atom. The van der Waals surface area contributed by atoms with Gasteiger partial charge in [-0.3, -0.25) is 4.90 Å². The van der Waals surface area contributed by atoms with Gasteiger partial charge in [0.05, 0.1) is 0 Å². The third-order valence-corrected chi connectivity index (χ3v) is 3.40. The Morgan fingerprint density at radius 2 is 1.75 bits per heavy atom. The summed E-state index contributed by atoms with van der Waals surface area (Å²) in [6, 6.07) is 0. The van der Waals surface area contributed by atoms with Crippen LogP contribution in [0.3, 0.4) is 0 Å². The van der Waals surface area contributed by atoms with Crippen molar-refractivity contribution < 1.29 is 4.39 Å². The zero-order valence-corrected chi connectivity index (χ0v) is 7.85. The Labute approximate surface area is 73.9 Å². The number of halogens is 1. The number of likely N-dealkylation sites (tertiary alicyclic amines) is 1. The third-order valence-electron chi connectivity index (χ3n) is 3.40. The number of hydrogen-bond acceptors (Lipinski definition) is 1. The van der Waals surface area contributed by atoms with Crippen molar-refractivity contribution >= 4 is 0 Å². The molecule has 0 aromatic heterocycles. The van der Waals surface area contributed by atoms with Gasteiger partial charge < -0.3 is 0 Å². The van der Waals surface area contributed by atoms with Crippen LogP contribution in [0, 0.1) is 5.92 Å². The summed E-state index contributed by atoms with van der Waals surface area (Å²) in [5.41, 5.74) is -0.810. The molecule has 0 atom stereocenters. The van der Waals surface area contributed by atoms with Crippen molar-refractivity contribution in [2.45, 2.75) is 37.8 Å². The van der Waals surface area contributed by atoms with Gasteiger partial charge in [0.15, 0.2) is 0 Å². The number of hydrogen-bond donors (Lipinski definition) is 0. The lowest BCUT2D eigenvalue weighted by atomic mass is 9.74. The van der Waals surface area contributed by atoms with Gasteiger partial charge >= 0.3 is 0 Å². The van der Waals surface area contributed by atoms with Crippen molar-refractivity contribution in [2.75, 3.05) is 20.1 Å². The summed E-state index contributed by atoms with van der Waals surface area (Å²) in [4.78, 5) is 2.08. The Kier molecular flexibility index (Phi) is 2.11. The fraction of sp³-hybridized carbons (Fsp3) is 1.00. The highest BCUT2D eigenvalue weighted by molar-refractivity contribution is 5.00. The average Bonchev–Trinajstić information content (AvgIpc) is 2.04. The van der Waals surface area contributed by atoms with Gasteiger partial charge in [-0.2, -0.15) is 0 Å². The molecule has 1 saturated carbocycles.